The molecule has 1 aliphatic heterocycles. The van der Waals surface area contributed by atoms with Crippen LogP contribution in [0.15, 0.2) is 23.8 Å². The monoisotopic (exact) mass is 510 g/mol. The Kier molecular flexibility index (Phi) is 7.92. The smallest absolute Gasteiger partial charge is 0.434 e. The number of fused-ring (bicyclic) bond motifs is 1. The Morgan fingerprint density at radius 3 is 2.60 bits per heavy atom. The molecule has 0 spiro atoms. The molecular formula is C23H29F3N6O2S. The third-order valence-corrected chi connectivity index (χ3v) is 6.47. The summed E-state index contributed by atoms with van der Waals surface area (Å²) in [6, 6.07) is 3.89. The second-order valence-electron chi connectivity index (χ2n) is 8.73. The quantitative estimate of drug-likeness (QED) is 0.440. The van der Waals surface area contributed by atoms with E-state index in [9.17, 15) is 13.2 Å². The molecule has 0 amide bonds. The van der Waals surface area contributed by atoms with Crippen LogP contribution < -0.4 is 15.0 Å². The summed E-state index contributed by atoms with van der Waals surface area (Å²) >= 11 is 0.869. The van der Waals surface area contributed by atoms with Crippen molar-refractivity contribution in [3.8, 4) is 5.75 Å². The summed E-state index contributed by atoms with van der Waals surface area (Å²) in [6.45, 7) is 3.05. The van der Waals surface area contributed by atoms with Crippen LogP contribution in [0.3, 0.4) is 0 Å². The van der Waals surface area contributed by atoms with Crippen molar-refractivity contribution in [2.75, 3.05) is 57.7 Å². The lowest BCUT2D eigenvalue weighted by Gasteiger charge is -2.26. The number of halogens is 3. The largest absolute Gasteiger partial charge is 0.489 e. The van der Waals surface area contributed by atoms with Gasteiger partial charge in [0, 0.05) is 43.6 Å². The predicted molar refractivity (Wildman–Crippen MR) is 131 cm³/mol. The van der Waals surface area contributed by atoms with Gasteiger partial charge in [0.15, 0.2) is 10.8 Å². The van der Waals surface area contributed by atoms with Crippen molar-refractivity contribution in [3.63, 3.8) is 0 Å². The standard InChI is InChI=1S/C23H29F3N6O2S/c1-31(2)7-4-8-32(3)15-11-17-20(18(12-15)34-16-5-9-33-10-6-16)21(28-14-27-17)30-22-29-19(13-35-22)23(24,25)26/h11-14,16H,4-10H2,1-3H3,(H,27,28,29,30). The highest BCUT2D eigenvalue weighted by atomic mass is 32.1. The van der Waals surface area contributed by atoms with Crippen molar-refractivity contribution >= 4 is 38.9 Å². The molecule has 0 radical (unpaired) electrons. The maximum Gasteiger partial charge on any atom is 0.434 e. The molecule has 12 heteroatoms. The van der Waals surface area contributed by atoms with E-state index < -0.39 is 11.9 Å². The third-order valence-electron chi connectivity index (χ3n) is 5.71. The lowest BCUT2D eigenvalue weighted by Crippen LogP contribution is -2.26. The molecule has 35 heavy (non-hydrogen) atoms. The molecular weight excluding hydrogens is 481 g/mol. The van der Waals surface area contributed by atoms with Gasteiger partial charge in [0.05, 0.1) is 24.1 Å². The van der Waals surface area contributed by atoms with Crippen molar-refractivity contribution < 1.29 is 22.6 Å². The summed E-state index contributed by atoms with van der Waals surface area (Å²) in [5.74, 6) is 0.932. The van der Waals surface area contributed by atoms with Crippen LogP contribution >= 0.6 is 11.3 Å². The highest BCUT2D eigenvalue weighted by molar-refractivity contribution is 7.13. The van der Waals surface area contributed by atoms with Crippen LogP contribution in [0.1, 0.15) is 25.0 Å². The molecule has 1 fully saturated rings. The summed E-state index contributed by atoms with van der Waals surface area (Å²) in [4.78, 5) is 16.7. The Hall–Kier alpha value is -2.70. The Bertz CT molecular complexity index is 1130. The van der Waals surface area contributed by atoms with Gasteiger partial charge in [0.2, 0.25) is 0 Å². The lowest BCUT2D eigenvalue weighted by atomic mass is 10.1. The lowest BCUT2D eigenvalue weighted by molar-refractivity contribution is -0.140. The zero-order chi connectivity index (χ0) is 25.0. The maximum atomic E-state index is 13.0. The van der Waals surface area contributed by atoms with Crippen LogP contribution in [-0.2, 0) is 10.9 Å². The average molecular weight is 511 g/mol. The maximum absolute atomic E-state index is 13.0. The SMILES string of the molecule is CN(C)CCCN(C)c1cc(OC2CCOCC2)c2c(Nc3nc(C(F)(F)F)cs3)ncnc2c1. The molecule has 3 heterocycles. The number of nitrogens with one attached hydrogen (secondary N) is 1. The van der Waals surface area contributed by atoms with Gasteiger partial charge >= 0.3 is 6.18 Å². The van der Waals surface area contributed by atoms with E-state index in [1.54, 1.807) is 0 Å². The van der Waals surface area contributed by atoms with E-state index >= 15 is 0 Å². The number of ether oxygens (including phenoxy) is 2. The molecule has 0 atom stereocenters. The van der Waals surface area contributed by atoms with Crippen molar-refractivity contribution in [1.29, 1.82) is 0 Å². The van der Waals surface area contributed by atoms with Gasteiger partial charge in [-0.2, -0.15) is 13.2 Å². The van der Waals surface area contributed by atoms with Crippen molar-refractivity contribution in [1.82, 2.24) is 19.9 Å². The topological polar surface area (TPSA) is 75.6 Å². The van der Waals surface area contributed by atoms with Gasteiger partial charge in [0.1, 0.15) is 24.0 Å². The third kappa shape index (κ3) is 6.50. The van der Waals surface area contributed by atoms with Gasteiger partial charge in [0.25, 0.3) is 0 Å². The number of anilines is 3. The van der Waals surface area contributed by atoms with Gasteiger partial charge in [-0.1, -0.05) is 0 Å². The molecule has 1 aromatic carbocycles. The minimum Gasteiger partial charge on any atom is -0.489 e. The summed E-state index contributed by atoms with van der Waals surface area (Å²) in [5, 5.41) is 4.62. The van der Waals surface area contributed by atoms with Crippen molar-refractivity contribution in [3.05, 3.63) is 29.5 Å². The van der Waals surface area contributed by atoms with E-state index in [0.717, 1.165) is 54.8 Å². The van der Waals surface area contributed by atoms with Gasteiger partial charge in [-0.05, 0) is 33.1 Å². The number of thiazole rings is 1. The molecule has 2 aromatic heterocycles. The van der Waals surface area contributed by atoms with E-state index in [2.05, 4.69) is 30.1 Å². The normalized spacial score (nSPS) is 15.1. The first-order valence-electron chi connectivity index (χ1n) is 11.4. The van der Waals surface area contributed by atoms with Crippen LogP contribution in [0.2, 0.25) is 0 Å². The van der Waals surface area contributed by atoms with E-state index in [0.29, 0.717) is 35.7 Å². The Morgan fingerprint density at radius 1 is 1.14 bits per heavy atom. The second-order valence-corrected chi connectivity index (χ2v) is 9.59. The van der Waals surface area contributed by atoms with Crippen LogP contribution in [0.25, 0.3) is 10.9 Å². The number of nitrogens with zero attached hydrogens (tertiary/aromatic N) is 5. The molecule has 8 nitrogen and oxygen atoms in total. The van der Waals surface area contributed by atoms with Crippen LogP contribution in [0, 0.1) is 0 Å². The van der Waals surface area contributed by atoms with Crippen molar-refractivity contribution in [2.24, 2.45) is 0 Å². The fourth-order valence-corrected chi connectivity index (χ4v) is 4.55. The van der Waals surface area contributed by atoms with Crippen LogP contribution in [0.5, 0.6) is 5.75 Å². The summed E-state index contributed by atoms with van der Waals surface area (Å²) in [7, 11) is 6.10. The highest BCUT2D eigenvalue weighted by Crippen LogP contribution is 2.38. The Balaban J connectivity index is 1.68. The Labute approximate surface area is 206 Å². The fourth-order valence-electron chi connectivity index (χ4n) is 3.84. The Morgan fingerprint density at radius 2 is 1.91 bits per heavy atom. The van der Waals surface area contributed by atoms with Crippen molar-refractivity contribution in [2.45, 2.75) is 31.5 Å². The molecule has 0 unspecified atom stereocenters. The van der Waals surface area contributed by atoms with E-state index in [1.807, 2.05) is 33.3 Å². The second kappa shape index (κ2) is 10.9. The van der Waals surface area contributed by atoms with Gasteiger partial charge in [-0.3, -0.25) is 0 Å². The molecule has 1 saturated heterocycles. The van der Waals surface area contributed by atoms with E-state index in [-0.39, 0.29) is 11.2 Å². The summed E-state index contributed by atoms with van der Waals surface area (Å²) < 4.78 is 50.9. The van der Waals surface area contributed by atoms with Gasteiger partial charge in [-0.15, -0.1) is 11.3 Å². The molecule has 0 bridgehead atoms. The molecule has 0 saturated carbocycles. The number of benzene rings is 1. The summed E-state index contributed by atoms with van der Waals surface area (Å²) in [6.07, 6.45) is -0.666. The average Bonchev–Trinajstić information content (AvgIpc) is 3.28. The predicted octanol–water partition coefficient (Wildman–Crippen LogP) is 4.79. The molecule has 190 valence electrons. The highest BCUT2D eigenvalue weighted by Gasteiger charge is 2.34. The minimum absolute atomic E-state index is 0.0361. The minimum atomic E-state index is -4.51. The number of hydrogen-bond acceptors (Lipinski definition) is 9. The number of rotatable bonds is 9. The first kappa shape index (κ1) is 25.4. The molecule has 0 aliphatic carbocycles. The fraction of sp³-hybridized carbons (Fsp3) is 0.522. The number of alkyl halides is 3. The van der Waals surface area contributed by atoms with Gasteiger partial charge in [-0.25, -0.2) is 15.0 Å². The van der Waals surface area contributed by atoms with Crippen LogP contribution in [-0.4, -0.2) is 73.4 Å². The first-order chi connectivity index (χ1) is 16.7. The molecule has 3 aromatic rings. The number of aromatic nitrogens is 3. The molecule has 4 rings (SSSR count). The molecule has 1 aliphatic rings. The van der Waals surface area contributed by atoms with E-state index in [1.165, 1.54) is 6.33 Å². The first-order valence-corrected chi connectivity index (χ1v) is 12.3. The molecule has 1 N–H and O–H groups in total. The van der Waals surface area contributed by atoms with Crippen LogP contribution in [0.4, 0.5) is 29.8 Å². The van der Waals surface area contributed by atoms with Gasteiger partial charge < -0.3 is 24.6 Å². The zero-order valence-corrected chi connectivity index (χ0v) is 20.7. The number of hydrogen-bond donors (Lipinski definition) is 1. The van der Waals surface area contributed by atoms with E-state index in [4.69, 9.17) is 9.47 Å². The zero-order valence-electron chi connectivity index (χ0n) is 19.9. The summed E-state index contributed by atoms with van der Waals surface area (Å²) in [5.41, 5.74) is 0.634.